The predicted octanol–water partition coefficient (Wildman–Crippen LogP) is 3.08. The molecule has 0 amide bonds. The molecule has 0 aromatic heterocycles. The van der Waals surface area contributed by atoms with Gasteiger partial charge in [0.1, 0.15) is 0 Å². The van der Waals surface area contributed by atoms with Crippen LogP contribution < -0.4 is 0 Å². The minimum absolute atomic E-state index is 0.130. The Morgan fingerprint density at radius 3 is 2.47 bits per heavy atom. The highest BCUT2D eigenvalue weighted by molar-refractivity contribution is 7.10. The number of hydrogen-bond acceptors (Lipinski definition) is 2. The standard InChI is InChI=1S/C12H17O2P/c1-3-12(2,9-11(13)14-15)10-7-5-4-6-8-10/h4-8H,3,9,15H2,1-2H3. The Hall–Kier alpha value is -0.880. The average molecular weight is 224 g/mol. The summed E-state index contributed by atoms with van der Waals surface area (Å²) in [6.45, 7) is 4.17. The maximum Gasteiger partial charge on any atom is 0.308 e. The molecule has 2 unspecified atom stereocenters. The molecule has 2 nitrogen and oxygen atoms in total. The maximum atomic E-state index is 11.3. The van der Waals surface area contributed by atoms with Crippen molar-refractivity contribution in [2.75, 3.05) is 0 Å². The van der Waals surface area contributed by atoms with E-state index in [0.29, 0.717) is 6.42 Å². The molecular formula is C12H17O2P. The van der Waals surface area contributed by atoms with Crippen LogP contribution in [-0.4, -0.2) is 5.97 Å². The highest BCUT2D eigenvalue weighted by atomic mass is 31.0. The van der Waals surface area contributed by atoms with Crippen molar-refractivity contribution < 1.29 is 9.32 Å². The van der Waals surface area contributed by atoms with Crippen molar-refractivity contribution in [3.63, 3.8) is 0 Å². The number of carbonyl (C=O) groups excluding carboxylic acids is 1. The van der Waals surface area contributed by atoms with Gasteiger partial charge in [0.2, 0.25) is 0 Å². The average Bonchev–Trinajstić information content (AvgIpc) is 2.30. The molecule has 0 aliphatic rings. The van der Waals surface area contributed by atoms with Crippen LogP contribution >= 0.6 is 9.47 Å². The van der Waals surface area contributed by atoms with E-state index in [4.69, 9.17) is 0 Å². The minimum atomic E-state index is -0.187. The van der Waals surface area contributed by atoms with Crippen molar-refractivity contribution >= 4 is 15.4 Å². The van der Waals surface area contributed by atoms with E-state index >= 15 is 0 Å². The Balaban J connectivity index is 2.90. The first-order valence-corrected chi connectivity index (χ1v) is 5.54. The Kier molecular flexibility index (Phi) is 4.28. The van der Waals surface area contributed by atoms with Crippen LogP contribution in [0.25, 0.3) is 0 Å². The SMILES string of the molecule is CCC(C)(CC(=O)OP)c1ccccc1. The Morgan fingerprint density at radius 2 is 2.00 bits per heavy atom. The van der Waals surface area contributed by atoms with Gasteiger partial charge in [-0.3, -0.25) is 4.79 Å². The van der Waals surface area contributed by atoms with Crippen LogP contribution in [0.2, 0.25) is 0 Å². The van der Waals surface area contributed by atoms with E-state index < -0.39 is 0 Å². The van der Waals surface area contributed by atoms with Crippen LogP contribution in [0, 0.1) is 0 Å². The topological polar surface area (TPSA) is 26.3 Å². The lowest BCUT2D eigenvalue weighted by Crippen LogP contribution is -2.24. The zero-order chi connectivity index (χ0) is 11.3. The van der Waals surface area contributed by atoms with Crippen LogP contribution in [0.4, 0.5) is 0 Å². The monoisotopic (exact) mass is 224 g/mol. The minimum Gasteiger partial charge on any atom is -0.451 e. The Morgan fingerprint density at radius 1 is 1.40 bits per heavy atom. The highest BCUT2D eigenvalue weighted by Crippen LogP contribution is 2.31. The fourth-order valence-corrected chi connectivity index (χ4v) is 1.72. The molecular weight excluding hydrogens is 207 g/mol. The molecule has 1 rings (SSSR count). The molecule has 0 radical (unpaired) electrons. The summed E-state index contributed by atoms with van der Waals surface area (Å²) in [5, 5.41) is 0. The first-order valence-electron chi connectivity index (χ1n) is 5.07. The van der Waals surface area contributed by atoms with Gasteiger partial charge in [-0.1, -0.05) is 44.2 Å². The summed E-state index contributed by atoms with van der Waals surface area (Å²) in [5.41, 5.74) is 1.05. The van der Waals surface area contributed by atoms with Gasteiger partial charge in [-0.2, -0.15) is 0 Å². The summed E-state index contributed by atoms with van der Waals surface area (Å²) in [5.74, 6) is -0.187. The molecule has 0 aliphatic heterocycles. The van der Waals surface area contributed by atoms with Crippen molar-refractivity contribution in [1.29, 1.82) is 0 Å². The van der Waals surface area contributed by atoms with E-state index in [1.807, 2.05) is 27.7 Å². The van der Waals surface area contributed by atoms with Gasteiger partial charge in [0, 0.05) is 5.41 Å². The predicted molar refractivity (Wildman–Crippen MR) is 64.5 cm³/mol. The van der Waals surface area contributed by atoms with Crippen molar-refractivity contribution in [1.82, 2.24) is 0 Å². The third-order valence-corrected chi connectivity index (χ3v) is 3.18. The second kappa shape index (κ2) is 5.27. The van der Waals surface area contributed by atoms with Gasteiger partial charge in [-0.05, 0) is 12.0 Å². The van der Waals surface area contributed by atoms with Crippen molar-refractivity contribution in [2.24, 2.45) is 0 Å². The van der Waals surface area contributed by atoms with Gasteiger partial charge in [0.15, 0.2) is 0 Å². The van der Waals surface area contributed by atoms with Crippen LogP contribution in [0.3, 0.4) is 0 Å². The van der Waals surface area contributed by atoms with E-state index in [1.54, 1.807) is 0 Å². The molecule has 0 saturated heterocycles. The number of benzene rings is 1. The lowest BCUT2D eigenvalue weighted by Gasteiger charge is -2.27. The normalized spacial score (nSPS) is 14.3. The van der Waals surface area contributed by atoms with Gasteiger partial charge in [0.25, 0.3) is 0 Å². The molecule has 0 fully saturated rings. The van der Waals surface area contributed by atoms with E-state index in [-0.39, 0.29) is 11.4 Å². The first-order chi connectivity index (χ1) is 7.12. The Labute approximate surface area is 93.3 Å². The molecule has 1 aromatic carbocycles. The van der Waals surface area contributed by atoms with Crippen molar-refractivity contribution in [2.45, 2.75) is 32.1 Å². The third kappa shape index (κ3) is 3.04. The molecule has 0 saturated carbocycles. The van der Waals surface area contributed by atoms with Gasteiger partial charge in [-0.25, -0.2) is 0 Å². The van der Waals surface area contributed by atoms with Gasteiger partial charge in [0.05, 0.1) is 15.9 Å². The molecule has 0 heterocycles. The molecule has 0 N–H and O–H groups in total. The number of carbonyl (C=O) groups is 1. The van der Waals surface area contributed by atoms with Gasteiger partial charge in [-0.15, -0.1) is 0 Å². The molecule has 2 atom stereocenters. The maximum absolute atomic E-state index is 11.3. The quantitative estimate of drug-likeness (QED) is 0.734. The van der Waals surface area contributed by atoms with Crippen molar-refractivity contribution in [3.8, 4) is 0 Å². The fourth-order valence-electron chi connectivity index (χ4n) is 1.63. The van der Waals surface area contributed by atoms with Crippen LogP contribution in [0.5, 0.6) is 0 Å². The van der Waals surface area contributed by atoms with Gasteiger partial charge < -0.3 is 4.52 Å². The molecule has 3 heteroatoms. The van der Waals surface area contributed by atoms with E-state index in [1.165, 1.54) is 5.56 Å². The Bertz CT molecular complexity index is 324. The lowest BCUT2D eigenvalue weighted by atomic mass is 9.77. The summed E-state index contributed by atoms with van der Waals surface area (Å²) >= 11 is 0. The van der Waals surface area contributed by atoms with E-state index in [2.05, 4.69) is 30.5 Å². The molecule has 15 heavy (non-hydrogen) atoms. The molecule has 82 valence electrons. The lowest BCUT2D eigenvalue weighted by molar-refractivity contribution is -0.134. The largest absolute Gasteiger partial charge is 0.451 e. The fraction of sp³-hybridized carbons (Fsp3) is 0.417. The van der Waals surface area contributed by atoms with Crippen LogP contribution in [0.15, 0.2) is 30.3 Å². The smallest absolute Gasteiger partial charge is 0.308 e. The zero-order valence-electron chi connectivity index (χ0n) is 9.19. The number of rotatable bonds is 4. The van der Waals surface area contributed by atoms with E-state index in [0.717, 1.165) is 6.42 Å². The summed E-state index contributed by atoms with van der Waals surface area (Å²) in [7, 11) is 2.01. The summed E-state index contributed by atoms with van der Waals surface area (Å²) in [4.78, 5) is 11.3. The zero-order valence-corrected chi connectivity index (χ0v) is 10.3. The molecule has 0 aliphatic carbocycles. The van der Waals surface area contributed by atoms with Crippen molar-refractivity contribution in [3.05, 3.63) is 35.9 Å². The molecule has 0 spiro atoms. The summed E-state index contributed by atoms with van der Waals surface area (Å²) in [6.07, 6.45) is 1.33. The molecule has 0 bridgehead atoms. The summed E-state index contributed by atoms with van der Waals surface area (Å²) in [6, 6.07) is 10.1. The third-order valence-electron chi connectivity index (χ3n) is 2.92. The summed E-state index contributed by atoms with van der Waals surface area (Å²) < 4.78 is 4.65. The van der Waals surface area contributed by atoms with Crippen LogP contribution in [-0.2, 0) is 14.7 Å². The molecule has 1 aromatic rings. The number of hydrogen-bond donors (Lipinski definition) is 0. The highest BCUT2D eigenvalue weighted by Gasteiger charge is 2.27. The second-order valence-electron chi connectivity index (χ2n) is 3.95. The van der Waals surface area contributed by atoms with Gasteiger partial charge >= 0.3 is 5.97 Å². The first kappa shape index (κ1) is 12.2. The van der Waals surface area contributed by atoms with E-state index in [9.17, 15) is 4.79 Å². The second-order valence-corrected chi connectivity index (χ2v) is 4.18. The van der Waals surface area contributed by atoms with Crippen LogP contribution in [0.1, 0.15) is 32.3 Å².